The number of benzene rings is 1. The highest BCUT2D eigenvalue weighted by atomic mass is 35.5. The van der Waals surface area contributed by atoms with Gasteiger partial charge >= 0.3 is 0 Å². The lowest BCUT2D eigenvalue weighted by Crippen LogP contribution is -2.23. The summed E-state index contributed by atoms with van der Waals surface area (Å²) in [5.74, 6) is 0.850. The molecule has 5 heteroatoms. The first-order chi connectivity index (χ1) is 6.68. The molecular formula is C9H8ClNO3. The number of hydrogen-bond donors (Lipinski definition) is 1. The van der Waals surface area contributed by atoms with Crippen LogP contribution >= 0.6 is 11.6 Å². The zero-order valence-corrected chi connectivity index (χ0v) is 7.95. The first kappa shape index (κ1) is 9.30. The molecule has 2 rings (SSSR count). The summed E-state index contributed by atoms with van der Waals surface area (Å²) in [6.07, 6.45) is 0. The minimum absolute atomic E-state index is 0.180. The van der Waals surface area contributed by atoms with Crippen molar-refractivity contribution in [1.29, 1.82) is 0 Å². The predicted molar refractivity (Wildman–Crippen MR) is 50.7 cm³/mol. The van der Waals surface area contributed by atoms with Crippen molar-refractivity contribution in [2.45, 2.75) is 5.50 Å². The molecule has 0 amide bonds. The number of rotatable bonds is 2. The third kappa shape index (κ3) is 1.54. The molecule has 0 aliphatic carbocycles. The van der Waals surface area contributed by atoms with Crippen LogP contribution in [0, 0.1) is 0 Å². The van der Waals surface area contributed by atoms with Gasteiger partial charge in [0, 0.05) is 5.56 Å². The Labute approximate surface area is 85.6 Å². The summed E-state index contributed by atoms with van der Waals surface area (Å²) >= 11 is 5.47. The molecule has 14 heavy (non-hydrogen) atoms. The van der Waals surface area contributed by atoms with Crippen molar-refractivity contribution < 1.29 is 14.3 Å². The van der Waals surface area contributed by atoms with Gasteiger partial charge in [-0.05, 0) is 18.2 Å². The van der Waals surface area contributed by atoms with Crippen molar-refractivity contribution in [3.05, 3.63) is 23.8 Å². The van der Waals surface area contributed by atoms with Crippen LogP contribution in [0.4, 0.5) is 0 Å². The molecule has 2 N–H and O–H groups in total. The second-order valence-corrected chi connectivity index (χ2v) is 3.30. The summed E-state index contributed by atoms with van der Waals surface area (Å²) in [6, 6.07) is 4.85. The van der Waals surface area contributed by atoms with Gasteiger partial charge in [0.05, 0.1) is 0 Å². The Balaban J connectivity index is 2.33. The van der Waals surface area contributed by atoms with Crippen LogP contribution in [0.1, 0.15) is 10.4 Å². The number of carbonyl (C=O) groups is 1. The fraction of sp³-hybridized carbons (Fsp3) is 0.222. The normalized spacial score (nSPS) is 15.3. The first-order valence-electron chi connectivity index (χ1n) is 4.02. The van der Waals surface area contributed by atoms with Crippen LogP contribution in [-0.2, 0) is 0 Å². The molecule has 4 nitrogen and oxygen atoms in total. The van der Waals surface area contributed by atoms with E-state index < -0.39 is 5.50 Å². The Hall–Kier alpha value is -1.26. The van der Waals surface area contributed by atoms with Gasteiger partial charge < -0.3 is 15.2 Å². The second-order valence-electron chi connectivity index (χ2n) is 2.83. The molecular weight excluding hydrogens is 206 g/mol. The number of ether oxygens (including phenoxy) is 2. The lowest BCUT2D eigenvalue weighted by atomic mass is 10.1. The van der Waals surface area contributed by atoms with Gasteiger partial charge in [-0.1, -0.05) is 11.6 Å². The van der Waals surface area contributed by atoms with Crippen LogP contribution in [-0.4, -0.2) is 18.1 Å². The molecule has 0 bridgehead atoms. The molecule has 1 atom stereocenters. The predicted octanol–water partition coefficient (Wildman–Crippen LogP) is 1.12. The van der Waals surface area contributed by atoms with E-state index in [2.05, 4.69) is 0 Å². The summed E-state index contributed by atoms with van der Waals surface area (Å²) in [7, 11) is 0. The van der Waals surface area contributed by atoms with E-state index in [4.69, 9.17) is 26.8 Å². The molecule has 1 heterocycles. The monoisotopic (exact) mass is 213 g/mol. The Kier molecular flexibility index (Phi) is 2.31. The van der Waals surface area contributed by atoms with Crippen LogP contribution in [0.5, 0.6) is 11.5 Å². The quantitative estimate of drug-likeness (QED) is 0.454. The van der Waals surface area contributed by atoms with Crippen LogP contribution in [0.25, 0.3) is 0 Å². The van der Waals surface area contributed by atoms with Gasteiger partial charge in [-0.3, -0.25) is 4.79 Å². The standard InChI is InChI=1S/C9H8ClNO3/c10-9(11)8(12)5-1-2-6-7(3-5)14-4-13-6/h1-3,9H,4,11H2. The molecule has 0 radical (unpaired) electrons. The highest BCUT2D eigenvalue weighted by Crippen LogP contribution is 2.32. The number of nitrogens with two attached hydrogens (primary N) is 1. The maximum absolute atomic E-state index is 11.4. The number of hydrogen-bond acceptors (Lipinski definition) is 4. The third-order valence-corrected chi connectivity index (χ3v) is 2.11. The zero-order chi connectivity index (χ0) is 10.1. The van der Waals surface area contributed by atoms with E-state index in [0.29, 0.717) is 17.1 Å². The minimum atomic E-state index is -1.02. The molecule has 1 aliphatic heterocycles. The molecule has 1 unspecified atom stereocenters. The number of fused-ring (bicyclic) bond motifs is 1. The fourth-order valence-corrected chi connectivity index (χ4v) is 1.34. The Morgan fingerprint density at radius 1 is 1.43 bits per heavy atom. The van der Waals surface area contributed by atoms with Gasteiger partial charge in [0.2, 0.25) is 6.79 Å². The molecule has 1 aliphatic rings. The zero-order valence-electron chi connectivity index (χ0n) is 7.20. The second kappa shape index (κ2) is 3.48. The van der Waals surface area contributed by atoms with Crippen molar-refractivity contribution in [3.63, 3.8) is 0 Å². The summed E-state index contributed by atoms with van der Waals surface area (Å²) < 4.78 is 10.2. The SMILES string of the molecule is NC(Cl)C(=O)c1ccc2c(c1)OCO2. The van der Waals surface area contributed by atoms with E-state index >= 15 is 0 Å². The summed E-state index contributed by atoms with van der Waals surface area (Å²) in [5, 5.41) is 0. The molecule has 0 saturated carbocycles. The molecule has 74 valence electrons. The summed E-state index contributed by atoms with van der Waals surface area (Å²) in [5.41, 5.74) is 4.67. The number of ketones is 1. The lowest BCUT2D eigenvalue weighted by molar-refractivity contribution is 0.0988. The maximum Gasteiger partial charge on any atom is 0.231 e. The molecule has 0 fully saturated rings. The van der Waals surface area contributed by atoms with Gasteiger partial charge in [0.15, 0.2) is 17.3 Å². The van der Waals surface area contributed by atoms with Crippen LogP contribution in [0.3, 0.4) is 0 Å². The highest BCUT2D eigenvalue weighted by Gasteiger charge is 2.18. The van der Waals surface area contributed by atoms with Crippen LogP contribution in [0.15, 0.2) is 18.2 Å². The van der Waals surface area contributed by atoms with E-state index in [1.165, 1.54) is 0 Å². The largest absolute Gasteiger partial charge is 0.454 e. The van der Waals surface area contributed by atoms with E-state index in [1.54, 1.807) is 18.2 Å². The Bertz CT molecular complexity index is 378. The van der Waals surface area contributed by atoms with Gasteiger partial charge in [0.25, 0.3) is 0 Å². The molecule has 0 aromatic heterocycles. The van der Waals surface area contributed by atoms with Crippen molar-refractivity contribution in [1.82, 2.24) is 0 Å². The Morgan fingerprint density at radius 2 is 2.14 bits per heavy atom. The number of carbonyl (C=O) groups excluding carboxylic acids is 1. The highest BCUT2D eigenvalue weighted by molar-refractivity contribution is 6.33. The smallest absolute Gasteiger partial charge is 0.231 e. The van der Waals surface area contributed by atoms with E-state index in [9.17, 15) is 4.79 Å². The lowest BCUT2D eigenvalue weighted by Gasteiger charge is -2.03. The fourth-order valence-electron chi connectivity index (χ4n) is 1.21. The van der Waals surface area contributed by atoms with Gasteiger partial charge in [-0.2, -0.15) is 0 Å². The first-order valence-corrected chi connectivity index (χ1v) is 4.45. The van der Waals surface area contributed by atoms with Crippen molar-refractivity contribution in [2.75, 3.05) is 6.79 Å². The molecule has 0 spiro atoms. The van der Waals surface area contributed by atoms with E-state index in [-0.39, 0.29) is 12.6 Å². The van der Waals surface area contributed by atoms with Gasteiger partial charge in [-0.25, -0.2) is 0 Å². The summed E-state index contributed by atoms with van der Waals surface area (Å²) in [4.78, 5) is 11.4. The maximum atomic E-state index is 11.4. The number of Topliss-reactive ketones (excluding diaryl/α,β-unsaturated/α-hetero) is 1. The number of alkyl halides is 1. The van der Waals surface area contributed by atoms with Crippen LogP contribution < -0.4 is 15.2 Å². The van der Waals surface area contributed by atoms with Crippen LogP contribution in [0.2, 0.25) is 0 Å². The minimum Gasteiger partial charge on any atom is -0.454 e. The molecule has 1 aromatic rings. The molecule has 0 saturated heterocycles. The van der Waals surface area contributed by atoms with E-state index in [1.807, 2.05) is 0 Å². The number of halogens is 1. The Morgan fingerprint density at radius 3 is 2.86 bits per heavy atom. The van der Waals surface area contributed by atoms with Gasteiger partial charge in [0.1, 0.15) is 5.50 Å². The van der Waals surface area contributed by atoms with Crippen molar-refractivity contribution >= 4 is 17.4 Å². The third-order valence-electron chi connectivity index (χ3n) is 1.91. The summed E-state index contributed by atoms with van der Waals surface area (Å²) in [6.45, 7) is 0.180. The average molecular weight is 214 g/mol. The topological polar surface area (TPSA) is 61.6 Å². The van der Waals surface area contributed by atoms with E-state index in [0.717, 1.165) is 0 Å². The molecule has 1 aromatic carbocycles. The average Bonchev–Trinajstić information content (AvgIpc) is 2.62. The van der Waals surface area contributed by atoms with Crippen molar-refractivity contribution in [3.8, 4) is 11.5 Å². The van der Waals surface area contributed by atoms with Crippen molar-refractivity contribution in [2.24, 2.45) is 5.73 Å². The van der Waals surface area contributed by atoms with Gasteiger partial charge in [-0.15, -0.1) is 0 Å².